The molecule has 13 heteroatoms. The zero-order chi connectivity index (χ0) is 29.5. The molecule has 1 aliphatic rings. The number of nitrogens with zero attached hydrogens (tertiary/aromatic N) is 5. The number of alkyl halides is 3. The Morgan fingerprint density at radius 1 is 0.976 bits per heavy atom. The van der Waals surface area contributed by atoms with Crippen molar-refractivity contribution < 1.29 is 18.0 Å². The molecule has 0 saturated carbocycles. The van der Waals surface area contributed by atoms with Crippen molar-refractivity contribution in [2.75, 3.05) is 0 Å². The number of hydrogen-bond acceptors (Lipinski definition) is 6. The Morgan fingerprint density at radius 3 is 2.27 bits per heavy atom. The van der Waals surface area contributed by atoms with Gasteiger partial charge < -0.3 is 9.82 Å². The Kier molecular flexibility index (Phi) is 7.41. The summed E-state index contributed by atoms with van der Waals surface area (Å²) in [6.07, 6.45) is 1.31. The zero-order valence-electron chi connectivity index (χ0n) is 23.3. The summed E-state index contributed by atoms with van der Waals surface area (Å²) in [6.45, 7) is 8.47. The highest BCUT2D eigenvalue weighted by Crippen LogP contribution is 2.41. The summed E-state index contributed by atoms with van der Waals surface area (Å²) in [5.41, 5.74) is 3.08. The molecule has 0 fully saturated rings. The molecule has 0 spiro atoms. The molecule has 10 nitrogen and oxygen atoms in total. The van der Waals surface area contributed by atoms with Crippen LogP contribution in [0.4, 0.5) is 13.2 Å². The second-order valence-electron chi connectivity index (χ2n) is 10.0. The minimum atomic E-state index is -4.43. The molecule has 1 atom stereocenters. The number of aromatic nitrogens is 6. The lowest BCUT2D eigenvalue weighted by atomic mass is 9.92. The fourth-order valence-electron chi connectivity index (χ4n) is 5.38. The predicted molar refractivity (Wildman–Crippen MR) is 148 cm³/mol. The molecular formula is C28H32F3N7O3. The number of aromatic amines is 1. The van der Waals surface area contributed by atoms with Crippen LogP contribution in [0.15, 0.2) is 51.8 Å². The highest BCUT2D eigenvalue weighted by molar-refractivity contribution is 5.75. The quantitative estimate of drug-likeness (QED) is 0.292. The molecule has 2 N–H and O–H groups in total. The first-order valence-electron chi connectivity index (χ1n) is 13.7. The van der Waals surface area contributed by atoms with Gasteiger partial charge in [0.1, 0.15) is 11.3 Å². The molecular weight excluding hydrogens is 539 g/mol. The van der Waals surface area contributed by atoms with Gasteiger partial charge in [0.25, 0.3) is 5.56 Å². The van der Waals surface area contributed by atoms with Gasteiger partial charge in [-0.25, -0.2) is 14.5 Å². The van der Waals surface area contributed by atoms with Gasteiger partial charge in [0.2, 0.25) is 0 Å². The minimum absolute atomic E-state index is 0.250. The maximum Gasteiger partial charge on any atom is 0.416 e. The molecule has 0 bridgehead atoms. The molecule has 0 radical (unpaired) electrons. The van der Waals surface area contributed by atoms with Crippen LogP contribution >= 0.6 is 0 Å². The molecule has 3 aromatic heterocycles. The number of H-pyrrole nitrogens is 1. The number of halogens is 3. The summed E-state index contributed by atoms with van der Waals surface area (Å²) >= 11 is 0. The van der Waals surface area contributed by atoms with Gasteiger partial charge in [0, 0.05) is 30.4 Å². The lowest BCUT2D eigenvalue weighted by Gasteiger charge is -2.29. The number of rotatable bonds is 9. The Bertz CT molecular complexity index is 1730. The van der Waals surface area contributed by atoms with Crippen LogP contribution < -0.4 is 16.7 Å². The van der Waals surface area contributed by atoms with E-state index in [0.717, 1.165) is 17.7 Å². The normalized spacial score (nSPS) is 17.5. The maximum absolute atomic E-state index is 13.1. The molecule has 0 saturated heterocycles. The van der Waals surface area contributed by atoms with Crippen molar-refractivity contribution in [3.8, 4) is 11.4 Å². The van der Waals surface area contributed by atoms with Gasteiger partial charge in [0.15, 0.2) is 17.1 Å². The van der Waals surface area contributed by atoms with E-state index in [0.29, 0.717) is 67.1 Å². The van der Waals surface area contributed by atoms with Crippen molar-refractivity contribution in [2.24, 2.45) is 0 Å². The van der Waals surface area contributed by atoms with Crippen molar-refractivity contribution in [3.63, 3.8) is 0 Å². The van der Waals surface area contributed by atoms with E-state index in [1.165, 1.54) is 21.3 Å². The molecule has 4 aromatic rings. The summed E-state index contributed by atoms with van der Waals surface area (Å²) in [7, 11) is 0. The molecule has 0 amide bonds. The molecule has 0 aliphatic carbocycles. The van der Waals surface area contributed by atoms with Gasteiger partial charge in [0.05, 0.1) is 17.3 Å². The first kappa shape index (κ1) is 28.4. The summed E-state index contributed by atoms with van der Waals surface area (Å²) in [5.74, 6) is 0.834. The summed E-state index contributed by atoms with van der Waals surface area (Å²) in [4.78, 5) is 39.8. The average molecular weight is 572 g/mol. The molecule has 218 valence electrons. The van der Waals surface area contributed by atoms with Crippen LogP contribution in [0.5, 0.6) is 0 Å². The number of imidazole rings is 1. The van der Waals surface area contributed by atoms with Crippen LogP contribution in [0.25, 0.3) is 28.3 Å². The second-order valence-corrected chi connectivity index (χ2v) is 10.0. The van der Waals surface area contributed by atoms with Gasteiger partial charge in [-0.1, -0.05) is 39.8 Å². The lowest BCUT2D eigenvalue weighted by molar-refractivity contribution is -0.137. The van der Waals surface area contributed by atoms with Gasteiger partial charge in [-0.05, 0) is 37.8 Å². The van der Waals surface area contributed by atoms with Gasteiger partial charge in [-0.2, -0.15) is 18.3 Å². The highest BCUT2D eigenvalue weighted by atomic mass is 19.4. The summed E-state index contributed by atoms with van der Waals surface area (Å²) in [5, 5.41) is 4.59. The number of hydrogen-bond donors (Lipinski definition) is 2. The third-order valence-electron chi connectivity index (χ3n) is 7.44. The Morgan fingerprint density at radius 2 is 1.66 bits per heavy atom. The van der Waals surface area contributed by atoms with E-state index in [-0.39, 0.29) is 11.2 Å². The maximum atomic E-state index is 13.1. The molecule has 1 unspecified atom stereocenters. The number of benzene rings is 1. The zero-order valence-corrected chi connectivity index (χ0v) is 23.3. The summed E-state index contributed by atoms with van der Waals surface area (Å²) in [6, 6.07) is 4.85. The van der Waals surface area contributed by atoms with Gasteiger partial charge in [-0.3, -0.25) is 13.9 Å². The van der Waals surface area contributed by atoms with E-state index in [9.17, 15) is 22.8 Å². The molecule has 41 heavy (non-hydrogen) atoms. The van der Waals surface area contributed by atoms with E-state index in [2.05, 4.69) is 20.5 Å². The fourth-order valence-corrected chi connectivity index (χ4v) is 5.38. The van der Waals surface area contributed by atoms with Crippen LogP contribution in [0.1, 0.15) is 64.5 Å². The molecule has 5 rings (SSSR count). The van der Waals surface area contributed by atoms with Crippen molar-refractivity contribution in [1.82, 2.24) is 34.4 Å². The number of nitrogens with one attached hydrogen (secondary N) is 2. The fraction of sp³-hybridized carbons (Fsp3) is 0.429. The lowest BCUT2D eigenvalue weighted by Crippen LogP contribution is -2.44. The van der Waals surface area contributed by atoms with E-state index >= 15 is 0 Å². The van der Waals surface area contributed by atoms with Crippen LogP contribution in [-0.4, -0.2) is 28.9 Å². The number of hydroxylamine groups is 1. The Balaban J connectivity index is 1.57. The van der Waals surface area contributed by atoms with Crippen molar-refractivity contribution >= 4 is 16.9 Å². The predicted octanol–water partition coefficient (Wildman–Crippen LogP) is 5.01. The average Bonchev–Trinajstić information content (AvgIpc) is 3.70. The monoisotopic (exact) mass is 571 g/mol. The number of fused-ring (bicyclic) bond motifs is 1. The SMILES string of the molecule is CCCn1c(=O)c2[nH]c(-c3cnn(C4(CC)NOC(c5ccc(C(F)(F)F)cc5)=C4CC)c3)nc2n(CCC)c1=O. The Hall–Kier alpha value is -4.13. The molecule has 1 aromatic carbocycles. The third-order valence-corrected chi connectivity index (χ3v) is 7.44. The van der Waals surface area contributed by atoms with Crippen LogP contribution in [0.2, 0.25) is 0 Å². The van der Waals surface area contributed by atoms with Crippen molar-refractivity contribution in [2.45, 2.75) is 78.3 Å². The van der Waals surface area contributed by atoms with Gasteiger partial charge in [-0.15, -0.1) is 5.48 Å². The Labute approximate surface area is 233 Å². The minimum Gasteiger partial charge on any atom is -0.405 e. The molecule has 1 aliphatic heterocycles. The van der Waals surface area contributed by atoms with E-state index in [1.807, 2.05) is 27.7 Å². The first-order chi connectivity index (χ1) is 19.6. The third kappa shape index (κ3) is 4.67. The number of aryl methyl sites for hydroxylation is 1. The van der Waals surface area contributed by atoms with Gasteiger partial charge >= 0.3 is 11.9 Å². The van der Waals surface area contributed by atoms with E-state index in [1.54, 1.807) is 17.1 Å². The molecule has 4 heterocycles. The van der Waals surface area contributed by atoms with E-state index < -0.39 is 23.0 Å². The standard InChI is InChI=1S/C28H32F3N7O3/c1-5-13-36-24-21(25(39)37(14-6-2)26(36)40)33-23(34-24)18-15-32-38(16-18)27(8-4)20(7-3)22(41-35-27)17-9-11-19(12-10-17)28(29,30)31/h9-12,15-16,35H,5-8,13-14H2,1-4H3,(H,33,34). The van der Waals surface area contributed by atoms with Crippen molar-refractivity contribution in [3.05, 3.63) is 74.2 Å². The van der Waals surface area contributed by atoms with Crippen LogP contribution in [0, 0.1) is 0 Å². The van der Waals surface area contributed by atoms with E-state index in [4.69, 9.17) is 4.84 Å². The topological polar surface area (TPSA) is 112 Å². The second kappa shape index (κ2) is 10.7. The van der Waals surface area contributed by atoms with Crippen LogP contribution in [0.3, 0.4) is 0 Å². The first-order valence-corrected chi connectivity index (χ1v) is 13.7. The van der Waals surface area contributed by atoms with Crippen molar-refractivity contribution in [1.29, 1.82) is 0 Å². The largest absolute Gasteiger partial charge is 0.416 e. The summed E-state index contributed by atoms with van der Waals surface area (Å²) < 4.78 is 43.7. The highest BCUT2D eigenvalue weighted by Gasteiger charge is 2.44. The van der Waals surface area contributed by atoms with Crippen LogP contribution in [-0.2, 0) is 29.8 Å². The smallest absolute Gasteiger partial charge is 0.405 e.